The highest BCUT2D eigenvalue weighted by Gasteiger charge is 2.24. The third-order valence-corrected chi connectivity index (χ3v) is 2.91. The largest absolute Gasteiger partial charge is 0.341 e. The summed E-state index contributed by atoms with van der Waals surface area (Å²) in [6.07, 6.45) is 6.56. The highest BCUT2D eigenvalue weighted by Crippen LogP contribution is 2.30. The first kappa shape index (κ1) is 11.3. The molecule has 0 amide bonds. The van der Waals surface area contributed by atoms with Gasteiger partial charge < -0.3 is 10.2 Å². The van der Waals surface area contributed by atoms with Gasteiger partial charge in [-0.15, -0.1) is 0 Å². The van der Waals surface area contributed by atoms with Crippen LogP contribution in [-0.4, -0.2) is 30.1 Å². The van der Waals surface area contributed by atoms with Gasteiger partial charge in [-0.25, -0.2) is 9.97 Å². The smallest absolute Gasteiger partial charge is 0.225 e. The van der Waals surface area contributed by atoms with Gasteiger partial charge in [-0.05, 0) is 32.7 Å². The van der Waals surface area contributed by atoms with Crippen LogP contribution in [0, 0.1) is 5.92 Å². The summed E-state index contributed by atoms with van der Waals surface area (Å²) in [5, 5.41) is 3.10. The standard InChI is InChI=1S/C12H20N4/c1-3-16(9-10-4-5-10)12-14-7-11(6-13-2)8-15-12/h7-8,10,13H,3-6,9H2,1-2H3. The number of rotatable bonds is 6. The van der Waals surface area contributed by atoms with Crippen molar-refractivity contribution in [2.45, 2.75) is 26.3 Å². The van der Waals surface area contributed by atoms with Crippen molar-refractivity contribution in [2.24, 2.45) is 5.92 Å². The van der Waals surface area contributed by atoms with E-state index in [-0.39, 0.29) is 0 Å². The summed E-state index contributed by atoms with van der Waals surface area (Å²) >= 11 is 0. The normalized spacial score (nSPS) is 15.1. The van der Waals surface area contributed by atoms with Gasteiger partial charge in [0.05, 0.1) is 0 Å². The molecule has 0 bridgehead atoms. The van der Waals surface area contributed by atoms with Gasteiger partial charge in [0.2, 0.25) is 5.95 Å². The fraction of sp³-hybridized carbons (Fsp3) is 0.667. The summed E-state index contributed by atoms with van der Waals surface area (Å²) in [7, 11) is 1.93. The lowest BCUT2D eigenvalue weighted by Gasteiger charge is -2.20. The summed E-state index contributed by atoms with van der Waals surface area (Å²) in [5.41, 5.74) is 1.13. The average molecular weight is 220 g/mol. The van der Waals surface area contributed by atoms with Crippen molar-refractivity contribution >= 4 is 5.95 Å². The summed E-state index contributed by atoms with van der Waals surface area (Å²) in [6, 6.07) is 0. The quantitative estimate of drug-likeness (QED) is 0.787. The molecule has 0 unspecified atom stereocenters. The van der Waals surface area contributed by atoms with E-state index in [1.54, 1.807) is 0 Å². The predicted molar refractivity (Wildman–Crippen MR) is 65.4 cm³/mol. The Morgan fingerprint density at radius 1 is 1.38 bits per heavy atom. The van der Waals surface area contributed by atoms with Crippen LogP contribution < -0.4 is 10.2 Å². The summed E-state index contributed by atoms with van der Waals surface area (Å²) in [5.74, 6) is 1.75. The molecule has 1 aromatic heterocycles. The van der Waals surface area contributed by atoms with Crippen LogP contribution in [0.3, 0.4) is 0 Å². The zero-order valence-corrected chi connectivity index (χ0v) is 10.1. The molecule has 1 fully saturated rings. The van der Waals surface area contributed by atoms with E-state index >= 15 is 0 Å². The van der Waals surface area contributed by atoms with E-state index in [0.29, 0.717) is 0 Å². The van der Waals surface area contributed by atoms with Gasteiger partial charge in [-0.3, -0.25) is 0 Å². The van der Waals surface area contributed by atoms with E-state index in [1.807, 2.05) is 19.4 Å². The highest BCUT2D eigenvalue weighted by atomic mass is 15.2. The molecule has 0 aliphatic heterocycles. The summed E-state index contributed by atoms with van der Waals surface area (Å²) in [4.78, 5) is 11.1. The molecule has 0 radical (unpaired) electrons. The van der Waals surface area contributed by atoms with Crippen molar-refractivity contribution in [1.29, 1.82) is 0 Å². The van der Waals surface area contributed by atoms with E-state index in [1.165, 1.54) is 12.8 Å². The van der Waals surface area contributed by atoms with Gasteiger partial charge in [0.25, 0.3) is 0 Å². The average Bonchev–Trinajstić information content (AvgIpc) is 3.11. The lowest BCUT2D eigenvalue weighted by molar-refractivity contribution is 0.715. The van der Waals surface area contributed by atoms with Crippen molar-refractivity contribution in [3.63, 3.8) is 0 Å². The number of nitrogens with one attached hydrogen (secondary N) is 1. The Kier molecular flexibility index (Phi) is 3.72. The van der Waals surface area contributed by atoms with Crippen LogP contribution in [-0.2, 0) is 6.54 Å². The molecule has 88 valence electrons. The van der Waals surface area contributed by atoms with E-state index in [4.69, 9.17) is 0 Å². The maximum Gasteiger partial charge on any atom is 0.225 e. The molecule has 0 saturated heterocycles. The van der Waals surface area contributed by atoms with Crippen molar-refractivity contribution in [2.75, 3.05) is 25.0 Å². The van der Waals surface area contributed by atoms with Gasteiger partial charge in [0.1, 0.15) is 0 Å². The highest BCUT2D eigenvalue weighted by molar-refractivity contribution is 5.30. The third kappa shape index (κ3) is 2.92. The zero-order chi connectivity index (χ0) is 11.4. The minimum atomic E-state index is 0.828. The first-order valence-corrected chi connectivity index (χ1v) is 6.04. The minimum Gasteiger partial charge on any atom is -0.341 e. The Labute approximate surface area is 97.1 Å². The van der Waals surface area contributed by atoms with E-state index in [2.05, 4.69) is 27.1 Å². The summed E-state index contributed by atoms with van der Waals surface area (Å²) < 4.78 is 0. The Morgan fingerprint density at radius 3 is 2.56 bits per heavy atom. The molecule has 0 aromatic carbocycles. The summed E-state index contributed by atoms with van der Waals surface area (Å²) in [6.45, 7) is 5.09. The monoisotopic (exact) mass is 220 g/mol. The van der Waals surface area contributed by atoms with Crippen LogP contribution >= 0.6 is 0 Å². The number of hydrogen-bond acceptors (Lipinski definition) is 4. The van der Waals surface area contributed by atoms with Crippen LogP contribution in [0.15, 0.2) is 12.4 Å². The molecular weight excluding hydrogens is 200 g/mol. The zero-order valence-electron chi connectivity index (χ0n) is 10.1. The Bertz CT molecular complexity index is 318. The van der Waals surface area contributed by atoms with Crippen molar-refractivity contribution in [3.8, 4) is 0 Å². The number of aromatic nitrogens is 2. The number of hydrogen-bond donors (Lipinski definition) is 1. The fourth-order valence-electron chi connectivity index (χ4n) is 1.77. The lowest BCUT2D eigenvalue weighted by Crippen LogP contribution is -2.27. The van der Waals surface area contributed by atoms with Crippen LogP contribution in [0.2, 0.25) is 0 Å². The van der Waals surface area contributed by atoms with E-state index in [9.17, 15) is 0 Å². The predicted octanol–water partition coefficient (Wildman–Crippen LogP) is 1.43. The Balaban J connectivity index is 1.99. The molecule has 4 nitrogen and oxygen atoms in total. The molecule has 1 aliphatic rings. The van der Waals surface area contributed by atoms with Crippen LogP contribution in [0.5, 0.6) is 0 Å². The van der Waals surface area contributed by atoms with Gasteiger partial charge in [-0.1, -0.05) is 0 Å². The first-order chi connectivity index (χ1) is 7.83. The molecule has 1 aliphatic carbocycles. The molecule has 1 heterocycles. The van der Waals surface area contributed by atoms with Crippen molar-refractivity contribution in [1.82, 2.24) is 15.3 Å². The number of nitrogens with zero attached hydrogens (tertiary/aromatic N) is 3. The molecule has 1 aromatic rings. The molecule has 4 heteroatoms. The Hall–Kier alpha value is -1.16. The fourth-order valence-corrected chi connectivity index (χ4v) is 1.77. The second kappa shape index (κ2) is 5.25. The van der Waals surface area contributed by atoms with Gasteiger partial charge in [-0.2, -0.15) is 0 Å². The van der Waals surface area contributed by atoms with Crippen LogP contribution in [0.4, 0.5) is 5.95 Å². The van der Waals surface area contributed by atoms with Crippen LogP contribution in [0.25, 0.3) is 0 Å². The molecule has 0 atom stereocenters. The molecule has 0 spiro atoms. The molecule has 16 heavy (non-hydrogen) atoms. The van der Waals surface area contributed by atoms with Gasteiger partial charge in [0.15, 0.2) is 0 Å². The van der Waals surface area contributed by atoms with Crippen molar-refractivity contribution in [3.05, 3.63) is 18.0 Å². The SMILES string of the molecule is CCN(CC1CC1)c1ncc(CNC)cn1. The Morgan fingerprint density at radius 2 is 2.06 bits per heavy atom. The molecule has 1 saturated carbocycles. The topological polar surface area (TPSA) is 41.1 Å². The molecular formula is C12H20N4. The van der Waals surface area contributed by atoms with Gasteiger partial charge >= 0.3 is 0 Å². The van der Waals surface area contributed by atoms with Crippen LogP contribution in [0.1, 0.15) is 25.3 Å². The maximum atomic E-state index is 4.42. The second-order valence-electron chi connectivity index (χ2n) is 4.40. The maximum absolute atomic E-state index is 4.42. The lowest BCUT2D eigenvalue weighted by atomic mass is 10.3. The first-order valence-electron chi connectivity index (χ1n) is 6.04. The van der Waals surface area contributed by atoms with E-state index < -0.39 is 0 Å². The minimum absolute atomic E-state index is 0.828. The van der Waals surface area contributed by atoms with Crippen molar-refractivity contribution < 1.29 is 0 Å². The second-order valence-corrected chi connectivity index (χ2v) is 4.40. The molecule has 1 N–H and O–H groups in total. The third-order valence-electron chi connectivity index (χ3n) is 2.91. The number of anilines is 1. The van der Waals surface area contributed by atoms with E-state index in [0.717, 1.165) is 37.1 Å². The van der Waals surface area contributed by atoms with Gasteiger partial charge in [0, 0.05) is 37.6 Å². The molecule has 2 rings (SSSR count).